The van der Waals surface area contributed by atoms with Crippen molar-refractivity contribution in [3.8, 4) is 11.3 Å². The molecule has 0 bridgehead atoms. The second kappa shape index (κ2) is 7.67. The highest BCUT2D eigenvalue weighted by atomic mass is 79.9. The van der Waals surface area contributed by atoms with E-state index in [2.05, 4.69) is 112 Å². The smallest absolute Gasteiger partial charge is 0.137 e. The third kappa shape index (κ3) is 3.97. The van der Waals surface area contributed by atoms with Crippen LogP contribution in [0.4, 0.5) is 0 Å². The number of fused-ring (bicyclic) bond motifs is 1. The van der Waals surface area contributed by atoms with E-state index in [-0.39, 0.29) is 0 Å². The number of hydrogen-bond donors (Lipinski definition) is 0. The molecule has 0 N–H and O–H groups in total. The van der Waals surface area contributed by atoms with Crippen LogP contribution in [0.5, 0.6) is 0 Å². The Morgan fingerprint density at radius 2 is 1.67 bits per heavy atom. The molecule has 4 aromatic rings. The zero-order valence-electron chi connectivity index (χ0n) is 15.6. The molecule has 2 aromatic heterocycles. The fourth-order valence-electron chi connectivity index (χ4n) is 3.40. The lowest BCUT2D eigenvalue weighted by atomic mass is 10.1. The van der Waals surface area contributed by atoms with E-state index in [9.17, 15) is 0 Å². The Bertz CT molecular complexity index is 1050. The van der Waals surface area contributed by atoms with Crippen LogP contribution in [0.2, 0.25) is 0 Å². The molecule has 0 aliphatic heterocycles. The van der Waals surface area contributed by atoms with Gasteiger partial charge in [0.1, 0.15) is 5.65 Å². The zero-order valence-corrected chi connectivity index (χ0v) is 17.1. The summed E-state index contributed by atoms with van der Waals surface area (Å²) in [4.78, 5) is 7.27. The second-order valence-corrected chi connectivity index (χ2v) is 7.92. The van der Waals surface area contributed by atoms with E-state index in [1.807, 2.05) is 0 Å². The van der Waals surface area contributed by atoms with E-state index in [1.54, 1.807) is 0 Å². The van der Waals surface area contributed by atoms with Crippen molar-refractivity contribution in [1.29, 1.82) is 0 Å². The van der Waals surface area contributed by atoms with Gasteiger partial charge in [0.2, 0.25) is 0 Å². The van der Waals surface area contributed by atoms with Crippen molar-refractivity contribution in [2.75, 3.05) is 7.05 Å². The molecule has 27 heavy (non-hydrogen) atoms. The number of aryl methyl sites for hydroxylation is 1. The van der Waals surface area contributed by atoms with Crippen molar-refractivity contribution in [2.45, 2.75) is 20.0 Å². The van der Waals surface area contributed by atoms with Crippen LogP contribution in [-0.4, -0.2) is 21.3 Å². The van der Waals surface area contributed by atoms with Gasteiger partial charge in [-0.25, -0.2) is 4.98 Å². The normalized spacial score (nSPS) is 11.4. The lowest BCUT2D eigenvalue weighted by Gasteiger charge is -2.18. The van der Waals surface area contributed by atoms with E-state index in [0.29, 0.717) is 0 Å². The Hall–Kier alpha value is -2.43. The maximum atomic E-state index is 4.93. The summed E-state index contributed by atoms with van der Waals surface area (Å²) in [6.45, 7) is 3.85. The molecular formula is C23H22BrN3. The van der Waals surface area contributed by atoms with Crippen molar-refractivity contribution >= 4 is 21.6 Å². The summed E-state index contributed by atoms with van der Waals surface area (Å²) < 4.78 is 3.31. The molecule has 4 rings (SSSR count). The second-order valence-electron chi connectivity index (χ2n) is 7.01. The van der Waals surface area contributed by atoms with E-state index in [4.69, 9.17) is 4.98 Å². The Morgan fingerprint density at radius 3 is 2.41 bits per heavy atom. The summed E-state index contributed by atoms with van der Waals surface area (Å²) in [5, 5.41) is 0. The highest BCUT2D eigenvalue weighted by Gasteiger charge is 2.16. The summed E-state index contributed by atoms with van der Waals surface area (Å²) in [6.07, 6.45) is 2.18. The molecule has 0 fully saturated rings. The largest absolute Gasteiger partial charge is 0.302 e. The average molecular weight is 420 g/mol. The minimum absolute atomic E-state index is 0.824. The van der Waals surface area contributed by atoms with Gasteiger partial charge in [0.25, 0.3) is 0 Å². The van der Waals surface area contributed by atoms with Crippen LogP contribution in [0.3, 0.4) is 0 Å². The molecule has 0 amide bonds. The van der Waals surface area contributed by atoms with Gasteiger partial charge in [-0.2, -0.15) is 0 Å². The molecule has 3 nitrogen and oxygen atoms in total. The molecule has 0 unspecified atom stereocenters. The van der Waals surface area contributed by atoms with Crippen molar-refractivity contribution in [3.05, 3.63) is 94.2 Å². The maximum absolute atomic E-state index is 4.93. The third-order valence-corrected chi connectivity index (χ3v) is 5.23. The Kier molecular flexibility index (Phi) is 5.10. The number of imidazole rings is 1. The van der Waals surface area contributed by atoms with Gasteiger partial charge in [-0.15, -0.1) is 0 Å². The summed E-state index contributed by atoms with van der Waals surface area (Å²) in [5.41, 5.74) is 6.94. The number of aromatic nitrogens is 2. The Morgan fingerprint density at radius 1 is 0.926 bits per heavy atom. The van der Waals surface area contributed by atoms with Crippen LogP contribution in [0.15, 0.2) is 77.4 Å². The van der Waals surface area contributed by atoms with Crippen LogP contribution >= 0.6 is 15.9 Å². The number of nitrogens with zero attached hydrogens (tertiary/aromatic N) is 3. The molecule has 0 saturated heterocycles. The minimum atomic E-state index is 0.824. The van der Waals surface area contributed by atoms with Gasteiger partial charge < -0.3 is 4.40 Å². The number of benzene rings is 2. The molecule has 2 heterocycles. The summed E-state index contributed by atoms with van der Waals surface area (Å²) in [7, 11) is 2.16. The number of pyridine rings is 1. The first-order chi connectivity index (χ1) is 13.1. The zero-order chi connectivity index (χ0) is 18.8. The number of rotatable bonds is 5. The fourth-order valence-corrected chi connectivity index (χ4v) is 3.66. The molecule has 0 spiro atoms. The van der Waals surface area contributed by atoms with Crippen LogP contribution < -0.4 is 0 Å². The van der Waals surface area contributed by atoms with E-state index >= 15 is 0 Å². The van der Waals surface area contributed by atoms with E-state index in [1.165, 1.54) is 16.8 Å². The number of hydrogen-bond acceptors (Lipinski definition) is 2. The predicted octanol–water partition coefficient (Wildman–Crippen LogP) is 5.70. The minimum Gasteiger partial charge on any atom is -0.302 e. The lowest BCUT2D eigenvalue weighted by molar-refractivity contribution is 0.314. The molecule has 0 radical (unpaired) electrons. The van der Waals surface area contributed by atoms with Crippen molar-refractivity contribution in [2.24, 2.45) is 0 Å². The van der Waals surface area contributed by atoms with Crippen molar-refractivity contribution in [1.82, 2.24) is 14.3 Å². The summed E-state index contributed by atoms with van der Waals surface area (Å²) >= 11 is 3.52. The average Bonchev–Trinajstić information content (AvgIpc) is 3.01. The van der Waals surface area contributed by atoms with Crippen LogP contribution in [-0.2, 0) is 13.1 Å². The van der Waals surface area contributed by atoms with Gasteiger partial charge in [-0.05, 0) is 43.3 Å². The standard InChI is InChI=1S/C23H22BrN3/c1-17-8-13-22-25-23(19-9-11-20(24)12-10-19)21(27(22)14-17)16-26(2)15-18-6-4-3-5-7-18/h3-14H,15-16H2,1-2H3. The first kappa shape index (κ1) is 18.0. The topological polar surface area (TPSA) is 20.5 Å². The molecule has 136 valence electrons. The number of halogens is 1. The van der Waals surface area contributed by atoms with Gasteiger partial charge in [0.05, 0.1) is 11.4 Å². The highest BCUT2D eigenvalue weighted by molar-refractivity contribution is 9.10. The van der Waals surface area contributed by atoms with Gasteiger partial charge in [0, 0.05) is 29.3 Å². The Labute approximate surface area is 168 Å². The lowest BCUT2D eigenvalue weighted by Crippen LogP contribution is -2.18. The third-order valence-electron chi connectivity index (χ3n) is 4.70. The van der Waals surface area contributed by atoms with Gasteiger partial charge >= 0.3 is 0 Å². The van der Waals surface area contributed by atoms with Crippen LogP contribution in [0, 0.1) is 6.92 Å². The van der Waals surface area contributed by atoms with Crippen LogP contribution in [0.25, 0.3) is 16.9 Å². The molecule has 0 aliphatic carbocycles. The van der Waals surface area contributed by atoms with Gasteiger partial charge in [-0.1, -0.05) is 64.5 Å². The van der Waals surface area contributed by atoms with Gasteiger partial charge in [-0.3, -0.25) is 4.90 Å². The Balaban J connectivity index is 1.73. The first-order valence-corrected chi connectivity index (χ1v) is 9.85. The maximum Gasteiger partial charge on any atom is 0.137 e. The van der Waals surface area contributed by atoms with Gasteiger partial charge in [0.15, 0.2) is 0 Å². The summed E-state index contributed by atoms with van der Waals surface area (Å²) in [5.74, 6) is 0. The monoisotopic (exact) mass is 419 g/mol. The van der Waals surface area contributed by atoms with Crippen molar-refractivity contribution < 1.29 is 0 Å². The van der Waals surface area contributed by atoms with E-state index < -0.39 is 0 Å². The summed E-state index contributed by atoms with van der Waals surface area (Å²) in [6, 6.07) is 23.2. The van der Waals surface area contributed by atoms with E-state index in [0.717, 1.165) is 34.5 Å². The molecule has 4 heteroatoms. The molecule has 0 aliphatic rings. The SMILES string of the molecule is Cc1ccc2nc(-c3ccc(Br)cc3)c(CN(C)Cc3ccccc3)n2c1. The quantitative estimate of drug-likeness (QED) is 0.413. The van der Waals surface area contributed by atoms with Crippen LogP contribution in [0.1, 0.15) is 16.8 Å². The molecule has 2 aromatic carbocycles. The van der Waals surface area contributed by atoms with Crippen molar-refractivity contribution in [3.63, 3.8) is 0 Å². The predicted molar refractivity (Wildman–Crippen MR) is 115 cm³/mol. The fraction of sp³-hybridized carbons (Fsp3) is 0.174. The highest BCUT2D eigenvalue weighted by Crippen LogP contribution is 2.27. The molecule has 0 saturated carbocycles. The molecular weight excluding hydrogens is 398 g/mol. The first-order valence-electron chi connectivity index (χ1n) is 9.06. The molecule has 0 atom stereocenters.